The van der Waals surface area contributed by atoms with Crippen LogP contribution >= 0.6 is 0 Å². The molecule has 0 radical (unpaired) electrons. The van der Waals surface area contributed by atoms with Gasteiger partial charge in [-0.2, -0.15) is 12.7 Å². The zero-order valence-electron chi connectivity index (χ0n) is 37.2. The molecule has 3 saturated carbocycles. The Bertz CT molecular complexity index is 1760. The molecular weight excluding hydrogens is 759 g/mol. The van der Waals surface area contributed by atoms with E-state index >= 15 is 4.79 Å². The molecule has 328 valence electrons. The first-order valence-corrected chi connectivity index (χ1v) is 23.6. The minimum atomic E-state index is -4.08. The molecule has 0 aromatic carbocycles. The predicted octanol–water partition coefficient (Wildman–Crippen LogP) is 3.85. The highest BCUT2D eigenvalue weighted by Gasteiger charge is 2.85. The number of hydrogen-bond acceptors (Lipinski definition) is 8. The molecule has 3 aliphatic carbocycles. The highest BCUT2D eigenvalue weighted by molar-refractivity contribution is 7.87. The number of amides is 5. The Kier molecular flexibility index (Phi) is 11.8. The lowest BCUT2D eigenvalue weighted by atomic mass is 9.73. The van der Waals surface area contributed by atoms with Crippen molar-refractivity contribution in [2.24, 2.45) is 33.0 Å². The molecule has 0 unspecified atom stereocenters. The van der Waals surface area contributed by atoms with Crippen LogP contribution in [-0.4, -0.2) is 114 Å². The SMILES string of the molecule is CC[C@@H]1C[C@]1(NC(=O)[C@@H]1C[C@@]2(CN1C(=O)[C@@H](NC(=O)[C@@H](NC(=O)[C@@H]1CCCCN1C(C)C)C(C)(C)C)C(C)(C)C)C(C)(C)C21CCC1)C(=O)NS(=O)(=O)N1CCCC1. The van der Waals surface area contributed by atoms with Gasteiger partial charge in [-0.3, -0.25) is 28.9 Å². The molecule has 15 heteroatoms. The monoisotopic (exact) mass is 832 g/mol. The third-order valence-corrected chi connectivity index (χ3v) is 17.2. The molecule has 14 nitrogen and oxygen atoms in total. The van der Waals surface area contributed by atoms with Gasteiger partial charge in [0.15, 0.2) is 0 Å². The maximum Gasteiger partial charge on any atom is 0.303 e. The number of nitrogens with one attached hydrogen (secondary N) is 4. The van der Waals surface area contributed by atoms with Crippen LogP contribution in [0, 0.1) is 33.0 Å². The van der Waals surface area contributed by atoms with Gasteiger partial charge < -0.3 is 20.9 Å². The van der Waals surface area contributed by atoms with Crippen LogP contribution in [-0.2, 0) is 34.2 Å². The van der Waals surface area contributed by atoms with Crippen LogP contribution in [0.2, 0.25) is 0 Å². The van der Waals surface area contributed by atoms with Crippen molar-refractivity contribution in [2.45, 2.75) is 183 Å². The van der Waals surface area contributed by atoms with Gasteiger partial charge in [-0.15, -0.1) is 0 Å². The lowest BCUT2D eigenvalue weighted by Crippen LogP contribution is -2.64. The smallest absolute Gasteiger partial charge is 0.303 e. The number of rotatable bonds is 12. The number of fused-ring (bicyclic) bond motifs is 1. The highest BCUT2D eigenvalue weighted by Crippen LogP contribution is 2.88. The molecule has 4 N–H and O–H groups in total. The third kappa shape index (κ3) is 7.49. The van der Waals surface area contributed by atoms with E-state index in [0.29, 0.717) is 45.3 Å². The molecule has 0 aromatic heterocycles. The number of piperidine rings is 1. The lowest BCUT2D eigenvalue weighted by Gasteiger charge is -2.40. The van der Waals surface area contributed by atoms with Gasteiger partial charge in [0.1, 0.15) is 23.7 Å². The van der Waals surface area contributed by atoms with E-state index < -0.39 is 62.4 Å². The zero-order valence-corrected chi connectivity index (χ0v) is 38.0. The minimum Gasteiger partial charge on any atom is -0.342 e. The quantitative estimate of drug-likeness (QED) is 0.229. The lowest BCUT2D eigenvalue weighted by molar-refractivity contribution is -0.145. The van der Waals surface area contributed by atoms with E-state index in [-0.39, 0.29) is 46.1 Å². The summed E-state index contributed by atoms with van der Waals surface area (Å²) in [6.45, 7) is 23.7. The van der Waals surface area contributed by atoms with Crippen molar-refractivity contribution in [3.63, 3.8) is 0 Å². The van der Waals surface area contributed by atoms with Gasteiger partial charge in [-0.1, -0.05) is 81.6 Å². The molecule has 58 heavy (non-hydrogen) atoms. The average molecular weight is 832 g/mol. The summed E-state index contributed by atoms with van der Waals surface area (Å²) >= 11 is 0. The molecule has 0 aromatic rings. The summed E-state index contributed by atoms with van der Waals surface area (Å²) in [7, 11) is -4.08. The predicted molar refractivity (Wildman–Crippen MR) is 222 cm³/mol. The topological polar surface area (TPSA) is 177 Å². The summed E-state index contributed by atoms with van der Waals surface area (Å²) in [5, 5.41) is 9.18. The number of nitrogens with zero attached hydrogens (tertiary/aromatic N) is 3. The van der Waals surface area contributed by atoms with E-state index in [1.807, 2.05) is 48.5 Å². The van der Waals surface area contributed by atoms with E-state index in [2.05, 4.69) is 53.3 Å². The summed E-state index contributed by atoms with van der Waals surface area (Å²) in [6.07, 6.45) is 8.48. The second-order valence-corrected chi connectivity index (χ2v) is 23.3. The van der Waals surface area contributed by atoms with E-state index in [1.54, 1.807) is 4.90 Å². The minimum absolute atomic E-state index is 0.0109. The van der Waals surface area contributed by atoms with Crippen molar-refractivity contribution in [1.29, 1.82) is 0 Å². The fraction of sp³-hybridized carbons (Fsp3) is 0.884. The van der Waals surface area contributed by atoms with Crippen LogP contribution < -0.4 is 20.7 Å². The molecule has 0 bridgehead atoms. The van der Waals surface area contributed by atoms with Gasteiger partial charge in [-0.25, -0.2) is 4.72 Å². The van der Waals surface area contributed by atoms with Gasteiger partial charge >= 0.3 is 10.2 Å². The molecule has 3 heterocycles. The van der Waals surface area contributed by atoms with Crippen LogP contribution in [0.1, 0.15) is 147 Å². The van der Waals surface area contributed by atoms with E-state index in [1.165, 1.54) is 4.31 Å². The molecule has 6 aliphatic rings. The van der Waals surface area contributed by atoms with Gasteiger partial charge in [0.25, 0.3) is 5.91 Å². The third-order valence-electron chi connectivity index (χ3n) is 15.7. The molecule has 3 aliphatic heterocycles. The Balaban J connectivity index is 1.27. The van der Waals surface area contributed by atoms with Crippen molar-refractivity contribution in [3.8, 4) is 0 Å². The Labute approximate surface area is 347 Å². The highest BCUT2D eigenvalue weighted by atomic mass is 32.2. The Morgan fingerprint density at radius 1 is 0.759 bits per heavy atom. The molecule has 3 saturated heterocycles. The molecule has 7 atom stereocenters. The summed E-state index contributed by atoms with van der Waals surface area (Å²) in [5.74, 6) is -2.52. The van der Waals surface area contributed by atoms with Gasteiger partial charge in [0.05, 0.1) is 6.04 Å². The summed E-state index contributed by atoms with van der Waals surface area (Å²) in [6, 6.07) is -3.09. The standard InChI is InChI=1S/C43H73N7O7S/c1-12-28-24-43(28,37(55)47-58(56,57)48-21-15-16-22-48)46-34(52)30-25-42(40(10,11)41(42)19-17-20-41)26-50(30)36(54)32(39(7,8)9)45-35(53)31(38(4,5)6)44-33(51)29-18-13-14-23-49(29)27(2)3/h27-32H,12-26H2,1-11H3,(H,44,51)(H,45,53)(H,46,52)(H,47,55)/t28-,29+,30+,31-,32-,42-,43-/m1/s1. The van der Waals surface area contributed by atoms with Crippen molar-refractivity contribution in [2.75, 3.05) is 26.2 Å². The second-order valence-electron chi connectivity index (χ2n) is 21.6. The summed E-state index contributed by atoms with van der Waals surface area (Å²) in [4.78, 5) is 76.0. The van der Waals surface area contributed by atoms with Gasteiger partial charge in [-0.05, 0) is 99.3 Å². The number of carbonyl (C=O) groups is 5. The maximum absolute atomic E-state index is 15.2. The Morgan fingerprint density at radius 3 is 1.86 bits per heavy atom. The Hall–Kier alpha value is -2.78. The fourth-order valence-electron chi connectivity index (χ4n) is 11.7. The van der Waals surface area contributed by atoms with Crippen LogP contribution in [0.4, 0.5) is 0 Å². The average Bonchev–Trinajstić information content (AvgIpc) is 3.57. The fourth-order valence-corrected chi connectivity index (χ4v) is 13.0. The zero-order chi connectivity index (χ0) is 43.0. The Morgan fingerprint density at radius 2 is 1.36 bits per heavy atom. The van der Waals surface area contributed by atoms with E-state index in [9.17, 15) is 27.6 Å². The number of carbonyl (C=O) groups excluding carboxylic acids is 5. The number of hydrogen-bond donors (Lipinski definition) is 4. The van der Waals surface area contributed by atoms with Crippen LogP contribution in [0.3, 0.4) is 0 Å². The maximum atomic E-state index is 15.2. The summed E-state index contributed by atoms with van der Waals surface area (Å²) in [5.41, 5.74) is -3.35. The van der Waals surface area contributed by atoms with Crippen LogP contribution in [0.15, 0.2) is 0 Å². The molecule has 6 fully saturated rings. The van der Waals surface area contributed by atoms with E-state index in [0.717, 1.165) is 51.5 Å². The molecule has 2 spiro atoms. The van der Waals surface area contributed by atoms with E-state index in [4.69, 9.17) is 0 Å². The summed E-state index contributed by atoms with van der Waals surface area (Å²) < 4.78 is 29.9. The second kappa shape index (κ2) is 15.3. The van der Waals surface area contributed by atoms with Crippen molar-refractivity contribution in [3.05, 3.63) is 0 Å². The largest absolute Gasteiger partial charge is 0.342 e. The first-order chi connectivity index (χ1) is 26.8. The molecule has 6 rings (SSSR count). The van der Waals surface area contributed by atoms with Crippen molar-refractivity contribution >= 4 is 39.7 Å². The van der Waals surface area contributed by atoms with Crippen molar-refractivity contribution in [1.82, 2.24) is 34.8 Å². The normalized spacial score (nSPS) is 31.7. The molecule has 5 amide bonds. The van der Waals surface area contributed by atoms with Crippen LogP contribution in [0.25, 0.3) is 0 Å². The van der Waals surface area contributed by atoms with Crippen molar-refractivity contribution < 1.29 is 32.4 Å². The first-order valence-electron chi connectivity index (χ1n) is 22.1. The first kappa shape index (κ1) is 44.8. The number of likely N-dealkylation sites (tertiary alicyclic amines) is 2. The van der Waals surface area contributed by atoms with Gasteiger partial charge in [0.2, 0.25) is 23.6 Å². The molecular formula is C43H73N7O7S. The van der Waals surface area contributed by atoms with Gasteiger partial charge in [0, 0.05) is 31.1 Å². The van der Waals surface area contributed by atoms with Crippen LogP contribution in [0.5, 0.6) is 0 Å².